The average molecular weight is 269 g/mol. The van der Waals surface area contributed by atoms with Crippen LogP contribution in [0.25, 0.3) is 0 Å². The van der Waals surface area contributed by atoms with Crippen molar-refractivity contribution in [1.29, 1.82) is 0 Å². The Hall–Kier alpha value is -1.26. The van der Waals surface area contributed by atoms with Gasteiger partial charge in [-0.1, -0.05) is 17.7 Å². The van der Waals surface area contributed by atoms with Gasteiger partial charge in [-0.2, -0.15) is 0 Å². The number of hydrogen-bond donors (Lipinski definition) is 2. The summed E-state index contributed by atoms with van der Waals surface area (Å²) in [4.78, 5) is 12.1. The van der Waals surface area contributed by atoms with Crippen molar-refractivity contribution in [2.45, 2.75) is 19.4 Å². The van der Waals surface area contributed by atoms with E-state index < -0.39 is 0 Å². The first-order valence-electron chi connectivity index (χ1n) is 6.02. The number of nitrogens with one attached hydrogen (secondary N) is 1. The zero-order valence-corrected chi connectivity index (χ0v) is 11.0. The molecule has 98 valence electrons. The van der Waals surface area contributed by atoms with Crippen molar-refractivity contribution in [2.24, 2.45) is 5.92 Å². The second kappa shape index (κ2) is 5.59. The lowest BCUT2D eigenvalue weighted by atomic mass is 10.0. The largest absolute Gasteiger partial charge is 0.398 e. The molecule has 1 fully saturated rings. The number of anilines is 1. The fraction of sp³-hybridized carbons (Fsp3) is 0.462. The summed E-state index contributed by atoms with van der Waals surface area (Å²) in [7, 11) is 0. The zero-order chi connectivity index (χ0) is 13.1. The Morgan fingerprint density at radius 3 is 3.00 bits per heavy atom. The molecule has 2 rings (SSSR count). The lowest BCUT2D eigenvalue weighted by Gasteiger charge is -2.20. The van der Waals surface area contributed by atoms with E-state index in [1.54, 1.807) is 18.2 Å². The Kier molecular flexibility index (Phi) is 4.09. The van der Waals surface area contributed by atoms with Gasteiger partial charge in [-0.25, -0.2) is 0 Å². The predicted molar refractivity (Wildman–Crippen MR) is 71.7 cm³/mol. The molecular weight excluding hydrogens is 252 g/mol. The van der Waals surface area contributed by atoms with Gasteiger partial charge in [0.25, 0.3) is 5.91 Å². The summed E-state index contributed by atoms with van der Waals surface area (Å²) in [5, 5.41) is 3.31. The van der Waals surface area contributed by atoms with Crippen LogP contribution in [0, 0.1) is 5.92 Å². The molecule has 0 saturated carbocycles. The number of nitrogens with two attached hydrogens (primary N) is 1. The molecular formula is C13H17ClN2O2. The maximum atomic E-state index is 12.1. The molecule has 0 spiro atoms. The van der Waals surface area contributed by atoms with E-state index in [0.717, 1.165) is 13.0 Å². The van der Waals surface area contributed by atoms with E-state index in [0.29, 0.717) is 28.8 Å². The minimum Gasteiger partial charge on any atom is -0.398 e. The Labute approximate surface area is 111 Å². The van der Waals surface area contributed by atoms with Gasteiger partial charge in [0.2, 0.25) is 0 Å². The minimum absolute atomic E-state index is 0.0515. The smallest absolute Gasteiger partial charge is 0.255 e. The highest BCUT2D eigenvalue weighted by Crippen LogP contribution is 2.23. The molecule has 1 saturated heterocycles. The van der Waals surface area contributed by atoms with Crippen LogP contribution < -0.4 is 11.1 Å². The quantitative estimate of drug-likeness (QED) is 0.825. The van der Waals surface area contributed by atoms with Crippen molar-refractivity contribution in [1.82, 2.24) is 5.32 Å². The monoisotopic (exact) mass is 268 g/mol. The number of amides is 1. The topological polar surface area (TPSA) is 64.4 Å². The molecule has 0 radical (unpaired) electrons. The van der Waals surface area contributed by atoms with Crippen LogP contribution in [0.4, 0.5) is 5.69 Å². The number of nitrogen functional groups attached to an aromatic ring is 1. The van der Waals surface area contributed by atoms with Crippen molar-refractivity contribution >= 4 is 23.2 Å². The van der Waals surface area contributed by atoms with Crippen LogP contribution in [-0.2, 0) is 4.74 Å². The molecule has 1 aromatic carbocycles. The van der Waals surface area contributed by atoms with Gasteiger partial charge in [0.1, 0.15) is 0 Å². The lowest BCUT2D eigenvalue weighted by molar-refractivity contribution is 0.0923. The third-order valence-corrected chi connectivity index (χ3v) is 3.62. The molecule has 0 bridgehead atoms. The number of rotatable bonds is 3. The SMILES string of the molecule is CC(NC(=O)c1c(N)cccc1Cl)C1CCOC1. The number of benzene rings is 1. The molecule has 3 N–H and O–H groups in total. The van der Waals surface area contributed by atoms with Crippen LogP contribution in [0.1, 0.15) is 23.7 Å². The van der Waals surface area contributed by atoms with Crippen molar-refractivity contribution in [3.8, 4) is 0 Å². The molecule has 5 heteroatoms. The van der Waals surface area contributed by atoms with Crippen LogP contribution in [0.3, 0.4) is 0 Å². The highest BCUT2D eigenvalue weighted by molar-refractivity contribution is 6.34. The summed E-state index contributed by atoms with van der Waals surface area (Å²) in [6.45, 7) is 3.43. The summed E-state index contributed by atoms with van der Waals surface area (Å²) in [5.74, 6) is 0.134. The number of carbonyl (C=O) groups excluding carboxylic acids is 1. The second-order valence-electron chi connectivity index (χ2n) is 4.59. The third-order valence-electron chi connectivity index (χ3n) is 3.30. The summed E-state index contributed by atoms with van der Waals surface area (Å²) in [6.07, 6.45) is 0.972. The maximum Gasteiger partial charge on any atom is 0.255 e. The highest BCUT2D eigenvalue weighted by Gasteiger charge is 2.25. The molecule has 2 atom stereocenters. The predicted octanol–water partition coefficient (Wildman–Crippen LogP) is 2.08. The second-order valence-corrected chi connectivity index (χ2v) is 5.00. The van der Waals surface area contributed by atoms with Crippen molar-refractivity contribution in [3.63, 3.8) is 0 Å². The Bertz CT molecular complexity index is 424. The number of ether oxygens (including phenoxy) is 1. The fourth-order valence-electron chi connectivity index (χ4n) is 2.12. The first-order valence-corrected chi connectivity index (χ1v) is 6.40. The maximum absolute atomic E-state index is 12.1. The summed E-state index contributed by atoms with van der Waals surface area (Å²) in [6, 6.07) is 5.11. The van der Waals surface area contributed by atoms with Crippen LogP contribution in [0.15, 0.2) is 18.2 Å². The molecule has 1 aliphatic heterocycles. The van der Waals surface area contributed by atoms with Gasteiger partial charge in [-0.05, 0) is 25.5 Å². The van der Waals surface area contributed by atoms with E-state index in [1.807, 2.05) is 6.92 Å². The molecule has 1 aromatic rings. The first kappa shape index (κ1) is 13.2. The van der Waals surface area contributed by atoms with Gasteiger partial charge < -0.3 is 15.8 Å². The van der Waals surface area contributed by atoms with Gasteiger partial charge >= 0.3 is 0 Å². The minimum atomic E-state index is -0.225. The van der Waals surface area contributed by atoms with Gasteiger partial charge in [0.05, 0.1) is 17.2 Å². The third kappa shape index (κ3) is 2.76. The van der Waals surface area contributed by atoms with E-state index in [2.05, 4.69) is 5.32 Å². The van der Waals surface area contributed by atoms with E-state index in [1.165, 1.54) is 0 Å². The Morgan fingerprint density at radius 1 is 1.61 bits per heavy atom. The fourth-order valence-corrected chi connectivity index (χ4v) is 2.39. The highest BCUT2D eigenvalue weighted by atomic mass is 35.5. The lowest BCUT2D eigenvalue weighted by Crippen LogP contribution is -2.38. The summed E-state index contributed by atoms with van der Waals surface area (Å²) < 4.78 is 5.31. The summed E-state index contributed by atoms with van der Waals surface area (Å²) >= 11 is 6.00. The molecule has 0 aliphatic carbocycles. The Balaban J connectivity index is 2.07. The molecule has 1 aliphatic rings. The van der Waals surface area contributed by atoms with Gasteiger partial charge in [-0.3, -0.25) is 4.79 Å². The van der Waals surface area contributed by atoms with Crippen molar-refractivity contribution < 1.29 is 9.53 Å². The van der Waals surface area contributed by atoms with Crippen LogP contribution in [0.5, 0.6) is 0 Å². The number of halogens is 1. The molecule has 0 aromatic heterocycles. The molecule has 4 nitrogen and oxygen atoms in total. The molecule has 2 unspecified atom stereocenters. The van der Waals surface area contributed by atoms with Gasteiger partial charge in [-0.15, -0.1) is 0 Å². The molecule has 18 heavy (non-hydrogen) atoms. The van der Waals surface area contributed by atoms with Crippen LogP contribution in [-0.4, -0.2) is 25.2 Å². The van der Waals surface area contributed by atoms with E-state index in [4.69, 9.17) is 22.1 Å². The number of hydrogen-bond acceptors (Lipinski definition) is 3. The first-order chi connectivity index (χ1) is 8.59. The molecule has 1 heterocycles. The normalized spacial score (nSPS) is 20.7. The van der Waals surface area contributed by atoms with E-state index in [9.17, 15) is 4.79 Å². The standard InChI is InChI=1S/C13H17ClN2O2/c1-8(9-5-6-18-7-9)16-13(17)12-10(14)3-2-4-11(12)15/h2-4,8-9H,5-7,15H2,1H3,(H,16,17). The number of carbonyl (C=O) groups is 1. The summed E-state index contributed by atoms with van der Waals surface area (Å²) in [5.41, 5.74) is 6.53. The van der Waals surface area contributed by atoms with Crippen LogP contribution >= 0.6 is 11.6 Å². The van der Waals surface area contributed by atoms with Crippen molar-refractivity contribution in [3.05, 3.63) is 28.8 Å². The Morgan fingerprint density at radius 2 is 2.39 bits per heavy atom. The van der Waals surface area contributed by atoms with E-state index in [-0.39, 0.29) is 11.9 Å². The van der Waals surface area contributed by atoms with Crippen LogP contribution in [0.2, 0.25) is 5.02 Å². The zero-order valence-electron chi connectivity index (χ0n) is 10.3. The van der Waals surface area contributed by atoms with Gasteiger partial charge in [0.15, 0.2) is 0 Å². The van der Waals surface area contributed by atoms with Gasteiger partial charge in [0, 0.05) is 24.3 Å². The molecule has 1 amide bonds. The van der Waals surface area contributed by atoms with Crippen molar-refractivity contribution in [2.75, 3.05) is 18.9 Å². The average Bonchev–Trinajstić information content (AvgIpc) is 2.81. The van der Waals surface area contributed by atoms with E-state index >= 15 is 0 Å².